The first-order valence-corrected chi connectivity index (χ1v) is 15.1. The van der Waals surface area contributed by atoms with E-state index in [0.717, 1.165) is 58.1 Å². The Morgan fingerprint density at radius 3 is 2.43 bits per heavy atom. The zero-order valence-corrected chi connectivity index (χ0v) is 25.2. The molecule has 222 valence electrons. The van der Waals surface area contributed by atoms with Gasteiger partial charge in [-0.25, -0.2) is 15.0 Å². The highest BCUT2D eigenvalue weighted by atomic mass is 16.1. The minimum atomic E-state index is -0.264. The lowest BCUT2D eigenvalue weighted by Crippen LogP contribution is -2.45. The van der Waals surface area contributed by atoms with Gasteiger partial charge in [0.05, 0.1) is 17.4 Å². The van der Waals surface area contributed by atoms with Crippen LogP contribution in [0.3, 0.4) is 0 Å². The first-order valence-electron chi connectivity index (χ1n) is 15.1. The van der Waals surface area contributed by atoms with Crippen LogP contribution in [0, 0.1) is 13.8 Å². The van der Waals surface area contributed by atoms with Crippen LogP contribution < -0.4 is 16.0 Å². The topological polar surface area (TPSA) is 98.3 Å². The largest absolute Gasteiger partial charge is 0.355 e. The maximum absolute atomic E-state index is 12.9. The van der Waals surface area contributed by atoms with Crippen LogP contribution >= 0.6 is 0 Å². The normalized spacial score (nSPS) is 19.6. The van der Waals surface area contributed by atoms with Gasteiger partial charge in [-0.1, -0.05) is 6.07 Å². The number of amides is 1. The van der Waals surface area contributed by atoms with Crippen molar-refractivity contribution in [1.29, 1.82) is 0 Å². The molecule has 2 unspecified atom stereocenters. The summed E-state index contributed by atoms with van der Waals surface area (Å²) < 4.78 is 0. The van der Waals surface area contributed by atoms with Crippen molar-refractivity contribution in [2.24, 2.45) is 0 Å². The van der Waals surface area contributed by atoms with E-state index in [9.17, 15) is 4.79 Å². The Balaban J connectivity index is 1.03. The van der Waals surface area contributed by atoms with Crippen LogP contribution in [0.4, 0.5) is 28.4 Å². The molecule has 0 spiro atoms. The van der Waals surface area contributed by atoms with Gasteiger partial charge in [-0.2, -0.15) is 0 Å². The number of benzene rings is 2. The molecule has 1 amide bonds. The van der Waals surface area contributed by atoms with Gasteiger partial charge in [0, 0.05) is 71.9 Å². The van der Waals surface area contributed by atoms with Crippen LogP contribution in [-0.2, 0) is 0 Å². The molecule has 2 aliphatic rings. The van der Waals surface area contributed by atoms with E-state index in [-0.39, 0.29) is 5.91 Å². The number of fused-ring (bicyclic) bond motifs is 3. The Hall–Kier alpha value is -4.86. The van der Waals surface area contributed by atoms with E-state index in [1.807, 2.05) is 56.3 Å². The third kappa shape index (κ3) is 5.84. The number of hydrogen-bond donors (Lipinski definition) is 3. The summed E-state index contributed by atoms with van der Waals surface area (Å²) in [7, 11) is 2.22. The number of carbonyl (C=O) groups excluding carboxylic acids is 1. The van der Waals surface area contributed by atoms with Crippen LogP contribution in [0.15, 0.2) is 85.2 Å². The summed E-state index contributed by atoms with van der Waals surface area (Å²) >= 11 is 0. The smallest absolute Gasteiger partial charge is 0.274 e. The molecule has 2 bridgehead atoms. The van der Waals surface area contributed by atoms with Crippen molar-refractivity contribution in [2.45, 2.75) is 38.6 Å². The third-order valence-electron chi connectivity index (χ3n) is 8.72. The highest BCUT2D eigenvalue weighted by molar-refractivity contribution is 6.03. The molecule has 7 rings (SSSR count). The van der Waals surface area contributed by atoms with Gasteiger partial charge in [0.1, 0.15) is 5.69 Å². The molecule has 9 heteroatoms. The lowest BCUT2D eigenvalue weighted by molar-refractivity contribution is -0.0157. The molecule has 2 fully saturated rings. The van der Waals surface area contributed by atoms with E-state index < -0.39 is 0 Å². The lowest BCUT2D eigenvalue weighted by Gasteiger charge is -2.38. The van der Waals surface area contributed by atoms with Gasteiger partial charge in [0.15, 0.2) is 0 Å². The van der Waals surface area contributed by atoms with Crippen LogP contribution in [0.2, 0.25) is 0 Å². The second-order valence-electron chi connectivity index (χ2n) is 11.8. The molecule has 5 heterocycles. The molecule has 44 heavy (non-hydrogen) atoms. The van der Waals surface area contributed by atoms with Crippen molar-refractivity contribution in [3.05, 3.63) is 108 Å². The molecule has 0 aliphatic carbocycles. The molecule has 3 atom stereocenters. The predicted molar refractivity (Wildman–Crippen MR) is 176 cm³/mol. The SMILES string of the molecule is Cc1cc(Nc2ccc(NC(=O)c3ccc(Nc4cc(C)nc5ccc(C6C[C@@H]7CCN(C6)N7C)cc45)cn3)cc2)ccn1. The van der Waals surface area contributed by atoms with Crippen LogP contribution in [-0.4, -0.2) is 57.1 Å². The molecule has 0 radical (unpaired) electrons. The Bertz CT molecular complexity index is 1810. The Kier molecular flexibility index (Phi) is 7.41. The van der Waals surface area contributed by atoms with Gasteiger partial charge in [-0.15, -0.1) is 0 Å². The average molecular weight is 585 g/mol. The van der Waals surface area contributed by atoms with Gasteiger partial charge < -0.3 is 16.0 Å². The molecule has 0 saturated carbocycles. The van der Waals surface area contributed by atoms with E-state index in [0.29, 0.717) is 23.3 Å². The fourth-order valence-corrected chi connectivity index (χ4v) is 6.38. The third-order valence-corrected chi connectivity index (χ3v) is 8.72. The van der Waals surface area contributed by atoms with Gasteiger partial charge in [-0.3, -0.25) is 14.8 Å². The summed E-state index contributed by atoms with van der Waals surface area (Å²) in [6, 6.07) is 24.5. The molecular formula is C35H36N8O. The van der Waals surface area contributed by atoms with Gasteiger partial charge in [0.2, 0.25) is 0 Å². The monoisotopic (exact) mass is 584 g/mol. The van der Waals surface area contributed by atoms with E-state index in [4.69, 9.17) is 4.98 Å². The van der Waals surface area contributed by atoms with Crippen molar-refractivity contribution in [3.63, 3.8) is 0 Å². The Labute approximate surface area is 257 Å². The van der Waals surface area contributed by atoms with Crippen molar-refractivity contribution in [3.8, 4) is 0 Å². The van der Waals surface area contributed by atoms with Gasteiger partial charge >= 0.3 is 0 Å². The number of aryl methyl sites for hydroxylation is 2. The van der Waals surface area contributed by atoms with E-state index in [1.165, 1.54) is 18.4 Å². The predicted octanol–water partition coefficient (Wildman–Crippen LogP) is 6.79. The standard InChI is InChI=1S/C35H36N8O/c1-22-16-28(12-14-36-22)39-26-5-7-27(8-6-26)41-35(44)33-11-9-29(20-37-33)40-34-17-23(2)38-32-10-4-24(19-31(32)34)25-18-30-13-15-43(21-25)42(30)3/h4-12,14,16-17,19-20,25,30H,13,15,18,21H2,1-3H3,(H,36,39)(H,38,40)(H,41,44)/t25?,30-/m0/s1. The van der Waals surface area contributed by atoms with Crippen molar-refractivity contribution < 1.29 is 4.79 Å². The summed E-state index contributed by atoms with van der Waals surface area (Å²) in [6.45, 7) is 6.17. The molecule has 5 aromatic rings. The number of hydrogen-bond acceptors (Lipinski definition) is 8. The lowest BCUT2D eigenvalue weighted by atomic mass is 9.89. The molecule has 2 saturated heterocycles. The fraction of sp³-hybridized carbons (Fsp3) is 0.257. The van der Waals surface area contributed by atoms with Crippen molar-refractivity contribution in [2.75, 3.05) is 36.1 Å². The highest BCUT2D eigenvalue weighted by Crippen LogP contribution is 2.37. The molecule has 3 N–H and O–H groups in total. The summed E-state index contributed by atoms with van der Waals surface area (Å²) in [5.74, 6) is 0.245. The number of anilines is 5. The minimum absolute atomic E-state index is 0.264. The maximum atomic E-state index is 12.9. The van der Waals surface area contributed by atoms with E-state index >= 15 is 0 Å². The number of hydrazine groups is 1. The fourth-order valence-electron chi connectivity index (χ4n) is 6.38. The number of carbonyl (C=O) groups is 1. The molecule has 2 aliphatic heterocycles. The molecule has 9 nitrogen and oxygen atoms in total. The van der Waals surface area contributed by atoms with E-state index in [2.05, 4.69) is 67.2 Å². The van der Waals surface area contributed by atoms with Crippen LogP contribution in [0.25, 0.3) is 10.9 Å². The molecular weight excluding hydrogens is 548 g/mol. The van der Waals surface area contributed by atoms with E-state index in [1.54, 1.807) is 18.5 Å². The molecule has 2 aromatic carbocycles. The van der Waals surface area contributed by atoms with Crippen LogP contribution in [0.5, 0.6) is 0 Å². The molecule has 3 aromatic heterocycles. The Morgan fingerprint density at radius 1 is 0.841 bits per heavy atom. The summed E-state index contributed by atoms with van der Waals surface area (Å²) in [6.07, 6.45) is 5.90. The zero-order chi connectivity index (χ0) is 30.2. The summed E-state index contributed by atoms with van der Waals surface area (Å²) in [4.78, 5) is 26.4. The Morgan fingerprint density at radius 2 is 1.66 bits per heavy atom. The number of pyridine rings is 3. The number of rotatable bonds is 7. The van der Waals surface area contributed by atoms with Crippen molar-refractivity contribution >= 4 is 45.2 Å². The first kappa shape index (κ1) is 27.9. The second kappa shape index (κ2) is 11.7. The summed E-state index contributed by atoms with van der Waals surface area (Å²) in [5.41, 5.74) is 8.93. The maximum Gasteiger partial charge on any atom is 0.274 e. The van der Waals surface area contributed by atoms with Gasteiger partial charge in [-0.05, 0) is 105 Å². The zero-order valence-electron chi connectivity index (χ0n) is 25.2. The van der Waals surface area contributed by atoms with Crippen molar-refractivity contribution in [1.82, 2.24) is 25.0 Å². The highest BCUT2D eigenvalue weighted by Gasteiger charge is 2.37. The second-order valence-corrected chi connectivity index (χ2v) is 11.8. The summed E-state index contributed by atoms with van der Waals surface area (Å²) in [5, 5.41) is 15.8. The number of nitrogens with one attached hydrogen (secondary N) is 3. The first-order chi connectivity index (χ1) is 21.4. The quantitative estimate of drug-likeness (QED) is 0.192. The minimum Gasteiger partial charge on any atom is -0.355 e. The number of aromatic nitrogens is 3. The van der Waals surface area contributed by atoms with Crippen LogP contribution in [0.1, 0.15) is 46.2 Å². The van der Waals surface area contributed by atoms with Gasteiger partial charge in [0.25, 0.3) is 5.91 Å². The average Bonchev–Trinajstić information content (AvgIpc) is 3.21. The number of nitrogens with zero attached hydrogens (tertiary/aromatic N) is 5.